The van der Waals surface area contributed by atoms with Gasteiger partial charge in [-0.1, -0.05) is 18.5 Å². The Labute approximate surface area is 111 Å². The van der Waals surface area contributed by atoms with E-state index in [2.05, 4.69) is 5.32 Å². The van der Waals surface area contributed by atoms with Gasteiger partial charge in [0.1, 0.15) is 0 Å². The number of nitrogens with two attached hydrogens (primary N) is 1. The lowest BCUT2D eigenvalue weighted by Crippen LogP contribution is -2.19. The predicted molar refractivity (Wildman–Crippen MR) is 73.6 cm³/mol. The molecule has 0 aliphatic rings. The minimum atomic E-state index is -0.645. The molecule has 0 heterocycles. The molecular weight excluding hydrogens is 252 g/mol. The van der Waals surface area contributed by atoms with Crippen molar-refractivity contribution < 1.29 is 9.59 Å². The van der Waals surface area contributed by atoms with Gasteiger partial charge in [-0.25, -0.2) is 4.79 Å². The Morgan fingerprint density at radius 3 is 2.67 bits per heavy atom. The zero-order chi connectivity index (χ0) is 13.7. The van der Waals surface area contributed by atoms with Gasteiger partial charge in [0.15, 0.2) is 5.78 Å². The van der Waals surface area contributed by atoms with Gasteiger partial charge in [-0.15, -0.1) is 0 Å². The van der Waals surface area contributed by atoms with E-state index in [1.54, 1.807) is 38.1 Å². The van der Waals surface area contributed by atoms with Gasteiger partial charge < -0.3 is 11.1 Å². The fourth-order valence-corrected chi connectivity index (χ4v) is 1.64. The number of ketones is 1. The van der Waals surface area contributed by atoms with E-state index in [0.717, 1.165) is 0 Å². The van der Waals surface area contributed by atoms with Crippen LogP contribution < -0.4 is 11.1 Å². The average molecular weight is 267 g/mol. The molecule has 96 valence electrons. The molecule has 0 saturated carbocycles. The molecule has 0 aromatic heterocycles. The number of allylic oxidation sites excluding steroid dienone is 1. The van der Waals surface area contributed by atoms with E-state index < -0.39 is 6.03 Å². The molecule has 0 spiro atoms. The molecule has 0 radical (unpaired) electrons. The lowest BCUT2D eigenvalue weighted by molar-refractivity contribution is -0.115. The maximum atomic E-state index is 11.5. The molecule has 0 saturated heterocycles. The van der Waals surface area contributed by atoms with Crippen LogP contribution in [0.1, 0.15) is 25.8 Å². The highest BCUT2D eigenvalue weighted by atomic mass is 35.5. The molecule has 18 heavy (non-hydrogen) atoms. The van der Waals surface area contributed by atoms with Crippen molar-refractivity contribution in [1.82, 2.24) is 0 Å². The zero-order valence-electron chi connectivity index (χ0n) is 10.3. The van der Waals surface area contributed by atoms with Crippen LogP contribution in [0.2, 0.25) is 5.02 Å². The van der Waals surface area contributed by atoms with E-state index in [1.165, 1.54) is 0 Å². The maximum absolute atomic E-state index is 11.5. The molecule has 0 fully saturated rings. The van der Waals surface area contributed by atoms with Crippen LogP contribution in [0.15, 0.2) is 23.8 Å². The van der Waals surface area contributed by atoms with Crippen LogP contribution in [0.3, 0.4) is 0 Å². The second-order valence-corrected chi connectivity index (χ2v) is 4.24. The number of Topliss-reactive ketones (excluding diaryl/α,β-unsaturated/α-hetero) is 1. The number of carbonyl (C=O) groups is 2. The Morgan fingerprint density at radius 2 is 2.11 bits per heavy atom. The van der Waals surface area contributed by atoms with E-state index in [-0.39, 0.29) is 5.78 Å². The number of rotatable bonds is 4. The first-order valence-corrected chi connectivity index (χ1v) is 5.89. The normalized spacial score (nSPS) is 11.2. The number of hydrogen-bond donors (Lipinski definition) is 2. The lowest BCUT2D eigenvalue weighted by Gasteiger charge is -2.06. The monoisotopic (exact) mass is 266 g/mol. The molecule has 0 unspecified atom stereocenters. The second-order valence-electron chi connectivity index (χ2n) is 3.83. The summed E-state index contributed by atoms with van der Waals surface area (Å²) >= 11 is 6.02. The third-order valence-electron chi connectivity index (χ3n) is 2.40. The molecule has 0 aliphatic heterocycles. The highest BCUT2D eigenvalue weighted by Crippen LogP contribution is 2.23. The van der Waals surface area contributed by atoms with E-state index in [4.69, 9.17) is 17.3 Å². The maximum Gasteiger partial charge on any atom is 0.316 e. The molecule has 5 heteroatoms. The molecule has 3 N–H and O–H groups in total. The molecule has 0 bridgehead atoms. The summed E-state index contributed by atoms with van der Waals surface area (Å²) in [4.78, 5) is 22.2. The number of carbonyl (C=O) groups excluding carboxylic acids is 2. The lowest BCUT2D eigenvalue weighted by atomic mass is 10.1. The minimum Gasteiger partial charge on any atom is -0.351 e. The minimum absolute atomic E-state index is 0.0549. The zero-order valence-corrected chi connectivity index (χ0v) is 11.0. The first-order valence-electron chi connectivity index (χ1n) is 5.51. The molecule has 1 rings (SSSR count). The molecule has 0 atom stereocenters. The summed E-state index contributed by atoms with van der Waals surface area (Å²) in [6.45, 7) is 3.53. The molecule has 1 aromatic carbocycles. The van der Waals surface area contributed by atoms with Crippen LogP contribution >= 0.6 is 11.6 Å². The third kappa shape index (κ3) is 3.89. The van der Waals surface area contributed by atoms with Crippen molar-refractivity contribution in [3.63, 3.8) is 0 Å². The van der Waals surface area contributed by atoms with Crippen molar-refractivity contribution in [1.29, 1.82) is 0 Å². The number of primary amides is 1. The summed E-state index contributed by atoms with van der Waals surface area (Å²) in [6.07, 6.45) is 2.14. The number of benzene rings is 1. The van der Waals surface area contributed by atoms with Crippen molar-refractivity contribution in [3.05, 3.63) is 34.4 Å². The van der Waals surface area contributed by atoms with Crippen LogP contribution in [-0.4, -0.2) is 11.8 Å². The molecular formula is C13H15ClN2O2. The summed E-state index contributed by atoms with van der Waals surface area (Å²) in [5, 5.41) is 2.96. The highest BCUT2D eigenvalue weighted by molar-refractivity contribution is 6.32. The molecule has 0 aliphatic carbocycles. The Hall–Kier alpha value is -1.81. The summed E-state index contributed by atoms with van der Waals surface area (Å²) in [5.41, 5.74) is 6.86. The largest absolute Gasteiger partial charge is 0.351 e. The van der Waals surface area contributed by atoms with Gasteiger partial charge in [-0.2, -0.15) is 0 Å². The SMILES string of the molecule is CCC(=O)/C(C)=C/c1cc(NC(N)=O)ccc1Cl. The Bertz CT molecular complexity index is 510. The van der Waals surface area contributed by atoms with Crippen molar-refractivity contribution in [2.24, 2.45) is 5.73 Å². The molecule has 4 nitrogen and oxygen atoms in total. The Balaban J connectivity index is 3.08. The van der Waals surface area contributed by atoms with Crippen LogP contribution in [0, 0.1) is 0 Å². The fourth-order valence-electron chi connectivity index (χ4n) is 1.47. The van der Waals surface area contributed by atoms with Crippen LogP contribution in [-0.2, 0) is 4.79 Å². The van der Waals surface area contributed by atoms with E-state index in [9.17, 15) is 9.59 Å². The summed E-state index contributed by atoms with van der Waals surface area (Å²) in [6, 6.07) is 4.30. The van der Waals surface area contributed by atoms with Gasteiger partial charge in [0.05, 0.1) is 0 Å². The Morgan fingerprint density at radius 1 is 1.44 bits per heavy atom. The first-order chi connectivity index (χ1) is 8.43. The van der Waals surface area contributed by atoms with Gasteiger partial charge in [0, 0.05) is 17.1 Å². The number of anilines is 1. The summed E-state index contributed by atoms with van der Waals surface area (Å²) in [7, 11) is 0. The van der Waals surface area contributed by atoms with Crippen molar-refractivity contribution in [2.45, 2.75) is 20.3 Å². The Kier molecular flexibility index (Phi) is 4.92. The fraction of sp³-hybridized carbons (Fsp3) is 0.231. The summed E-state index contributed by atoms with van der Waals surface area (Å²) in [5.74, 6) is 0.0549. The van der Waals surface area contributed by atoms with Crippen molar-refractivity contribution >= 4 is 35.2 Å². The number of urea groups is 1. The average Bonchev–Trinajstić information content (AvgIpc) is 2.31. The van der Waals surface area contributed by atoms with Crippen molar-refractivity contribution in [3.8, 4) is 0 Å². The van der Waals surface area contributed by atoms with Crippen LogP contribution in [0.25, 0.3) is 6.08 Å². The molecule has 1 aromatic rings. The van der Waals surface area contributed by atoms with Gasteiger partial charge in [-0.05, 0) is 42.3 Å². The van der Waals surface area contributed by atoms with Crippen LogP contribution in [0.4, 0.5) is 10.5 Å². The van der Waals surface area contributed by atoms with Gasteiger partial charge in [0.2, 0.25) is 0 Å². The van der Waals surface area contributed by atoms with E-state index in [1.807, 2.05) is 0 Å². The van der Waals surface area contributed by atoms with Crippen molar-refractivity contribution in [2.75, 3.05) is 5.32 Å². The van der Waals surface area contributed by atoms with E-state index in [0.29, 0.717) is 28.3 Å². The second kappa shape index (κ2) is 6.21. The smallest absolute Gasteiger partial charge is 0.316 e. The van der Waals surface area contributed by atoms with Gasteiger partial charge in [0.25, 0.3) is 0 Å². The number of nitrogens with one attached hydrogen (secondary N) is 1. The quantitative estimate of drug-likeness (QED) is 0.822. The number of hydrogen-bond acceptors (Lipinski definition) is 2. The highest BCUT2D eigenvalue weighted by Gasteiger charge is 2.05. The van der Waals surface area contributed by atoms with Gasteiger partial charge >= 0.3 is 6.03 Å². The van der Waals surface area contributed by atoms with Gasteiger partial charge in [-0.3, -0.25) is 4.79 Å². The van der Waals surface area contributed by atoms with E-state index >= 15 is 0 Å². The summed E-state index contributed by atoms with van der Waals surface area (Å²) < 4.78 is 0. The number of halogens is 1. The predicted octanol–water partition coefficient (Wildman–Crippen LogP) is 3.21. The van der Waals surface area contributed by atoms with Crippen LogP contribution in [0.5, 0.6) is 0 Å². The molecule has 2 amide bonds. The number of amides is 2. The third-order valence-corrected chi connectivity index (χ3v) is 2.74. The standard InChI is InChI=1S/C13H15ClN2O2/c1-3-12(17)8(2)6-9-7-10(16-13(15)18)4-5-11(9)14/h4-7H,3H2,1-2H3,(H3,15,16,18)/b8-6+. The topological polar surface area (TPSA) is 72.2 Å². The first kappa shape index (κ1) is 14.3.